The van der Waals surface area contributed by atoms with Crippen molar-refractivity contribution in [1.29, 1.82) is 0 Å². The lowest BCUT2D eigenvalue weighted by Crippen LogP contribution is -2.21. The van der Waals surface area contributed by atoms with E-state index in [0.717, 1.165) is 22.8 Å². The summed E-state index contributed by atoms with van der Waals surface area (Å²) in [6.07, 6.45) is 0. The molecule has 5 aromatic rings. The number of nitrogens with zero attached hydrogens (tertiary/aromatic N) is 3. The fourth-order valence-electron chi connectivity index (χ4n) is 3.72. The summed E-state index contributed by atoms with van der Waals surface area (Å²) in [5, 5.41) is 1.14. The van der Waals surface area contributed by atoms with E-state index < -0.39 is 0 Å². The Hall–Kier alpha value is -4.04. The molecule has 0 unspecified atom stereocenters. The van der Waals surface area contributed by atoms with Crippen molar-refractivity contribution in [3.8, 4) is 28.6 Å². The van der Waals surface area contributed by atoms with Crippen molar-refractivity contribution in [2.45, 2.75) is 17.8 Å². The van der Waals surface area contributed by atoms with Gasteiger partial charge in [0.15, 0.2) is 5.16 Å². The standard InChI is InChI=1S/C27H23N3O4S/c1-17-24(28-25(34-17)18-8-12-20(32-2)13-9-18)16-35-27-29-23-7-5-4-6-22(23)26(31)30(27)19-10-14-21(33-3)15-11-19/h4-15H,16H2,1-3H3. The SMILES string of the molecule is COc1ccc(-c2nc(CSc3nc4ccccc4c(=O)n3-c3ccc(OC)cc3)c(C)o2)cc1. The molecule has 0 aliphatic carbocycles. The number of para-hydroxylation sites is 1. The monoisotopic (exact) mass is 485 g/mol. The van der Waals surface area contributed by atoms with E-state index in [2.05, 4.69) is 0 Å². The van der Waals surface area contributed by atoms with Gasteiger partial charge in [-0.25, -0.2) is 9.97 Å². The Kier molecular flexibility index (Phi) is 6.29. The third-order valence-electron chi connectivity index (χ3n) is 5.64. The van der Waals surface area contributed by atoms with Crippen LogP contribution in [-0.4, -0.2) is 28.8 Å². The second-order valence-electron chi connectivity index (χ2n) is 7.79. The normalized spacial score (nSPS) is 11.1. The van der Waals surface area contributed by atoms with Gasteiger partial charge in [0.05, 0.1) is 36.5 Å². The molecule has 176 valence electrons. The fourth-order valence-corrected chi connectivity index (χ4v) is 4.73. The fraction of sp³-hybridized carbons (Fsp3) is 0.148. The average molecular weight is 486 g/mol. The second-order valence-corrected chi connectivity index (χ2v) is 8.73. The first kappa shape index (κ1) is 22.7. The van der Waals surface area contributed by atoms with Gasteiger partial charge in [-0.2, -0.15) is 0 Å². The highest BCUT2D eigenvalue weighted by atomic mass is 32.2. The molecule has 0 N–H and O–H groups in total. The Morgan fingerprint density at radius 3 is 2.23 bits per heavy atom. The number of hydrogen-bond acceptors (Lipinski definition) is 7. The van der Waals surface area contributed by atoms with Crippen LogP contribution in [0, 0.1) is 6.92 Å². The molecule has 0 bridgehead atoms. The van der Waals surface area contributed by atoms with E-state index in [1.807, 2.05) is 73.7 Å². The Labute approximate surface area is 206 Å². The summed E-state index contributed by atoms with van der Waals surface area (Å²) < 4.78 is 18.1. The third kappa shape index (κ3) is 4.52. The highest BCUT2D eigenvalue weighted by molar-refractivity contribution is 7.98. The van der Waals surface area contributed by atoms with Crippen molar-refractivity contribution in [3.05, 3.63) is 94.6 Å². The van der Waals surface area contributed by atoms with Gasteiger partial charge in [0.25, 0.3) is 5.56 Å². The van der Waals surface area contributed by atoms with Crippen LogP contribution in [0.5, 0.6) is 11.5 Å². The molecule has 0 aliphatic heterocycles. The number of benzene rings is 3. The predicted octanol–water partition coefficient (Wildman–Crippen LogP) is 5.66. The first-order valence-corrected chi connectivity index (χ1v) is 12.0. The Balaban J connectivity index is 1.50. The molecule has 0 saturated carbocycles. The summed E-state index contributed by atoms with van der Waals surface area (Å²) in [4.78, 5) is 23.0. The van der Waals surface area contributed by atoms with Crippen LogP contribution in [0.3, 0.4) is 0 Å². The predicted molar refractivity (Wildman–Crippen MR) is 137 cm³/mol. The maximum Gasteiger partial charge on any atom is 0.266 e. The number of aromatic nitrogens is 3. The van der Waals surface area contributed by atoms with Gasteiger partial charge < -0.3 is 13.9 Å². The molecule has 7 nitrogen and oxygen atoms in total. The molecular formula is C27H23N3O4S. The molecular weight excluding hydrogens is 462 g/mol. The minimum atomic E-state index is -0.126. The number of rotatable bonds is 7. The third-order valence-corrected chi connectivity index (χ3v) is 6.59. The topological polar surface area (TPSA) is 79.4 Å². The van der Waals surface area contributed by atoms with Crippen molar-refractivity contribution >= 4 is 22.7 Å². The molecule has 3 aromatic carbocycles. The van der Waals surface area contributed by atoms with Crippen molar-refractivity contribution in [2.75, 3.05) is 14.2 Å². The second kappa shape index (κ2) is 9.68. The van der Waals surface area contributed by atoms with Crippen LogP contribution in [0.4, 0.5) is 0 Å². The number of thioether (sulfide) groups is 1. The van der Waals surface area contributed by atoms with Crippen LogP contribution in [0.2, 0.25) is 0 Å². The van der Waals surface area contributed by atoms with E-state index in [1.54, 1.807) is 24.9 Å². The van der Waals surface area contributed by atoms with Gasteiger partial charge in [0.2, 0.25) is 5.89 Å². The van der Waals surface area contributed by atoms with Crippen LogP contribution in [0.15, 0.2) is 87.2 Å². The maximum atomic E-state index is 13.5. The molecule has 5 rings (SSSR count). The Bertz CT molecular complexity index is 1540. The van der Waals surface area contributed by atoms with Crippen molar-refractivity contribution in [2.24, 2.45) is 0 Å². The molecule has 0 saturated heterocycles. The number of hydrogen-bond donors (Lipinski definition) is 0. The van der Waals surface area contributed by atoms with Gasteiger partial charge in [-0.05, 0) is 67.6 Å². The van der Waals surface area contributed by atoms with E-state index in [0.29, 0.717) is 39.1 Å². The summed E-state index contributed by atoms with van der Waals surface area (Å²) in [6.45, 7) is 1.89. The highest BCUT2D eigenvalue weighted by Gasteiger charge is 2.17. The molecule has 0 amide bonds. The van der Waals surface area contributed by atoms with Crippen LogP contribution < -0.4 is 15.0 Å². The van der Waals surface area contributed by atoms with Crippen molar-refractivity contribution in [3.63, 3.8) is 0 Å². The van der Waals surface area contributed by atoms with Crippen molar-refractivity contribution in [1.82, 2.24) is 14.5 Å². The summed E-state index contributed by atoms with van der Waals surface area (Å²) in [6, 6.07) is 22.3. The maximum absolute atomic E-state index is 13.5. The first-order valence-electron chi connectivity index (χ1n) is 11.0. The Morgan fingerprint density at radius 1 is 0.886 bits per heavy atom. The van der Waals surface area contributed by atoms with E-state index in [4.69, 9.17) is 23.9 Å². The van der Waals surface area contributed by atoms with Gasteiger partial charge in [-0.1, -0.05) is 23.9 Å². The molecule has 35 heavy (non-hydrogen) atoms. The lowest BCUT2D eigenvalue weighted by atomic mass is 10.2. The Morgan fingerprint density at radius 2 is 1.54 bits per heavy atom. The van der Waals surface area contributed by atoms with Crippen molar-refractivity contribution < 1.29 is 13.9 Å². The summed E-state index contributed by atoms with van der Waals surface area (Å²) in [7, 11) is 3.24. The molecule has 0 aliphatic rings. The zero-order valence-corrected chi connectivity index (χ0v) is 20.3. The molecule has 2 heterocycles. The largest absolute Gasteiger partial charge is 0.497 e. The molecule has 2 aromatic heterocycles. The van der Waals surface area contributed by atoms with Gasteiger partial charge in [-0.15, -0.1) is 0 Å². The number of oxazole rings is 1. The number of ether oxygens (including phenoxy) is 2. The van der Waals surface area contributed by atoms with Gasteiger partial charge in [0, 0.05) is 11.3 Å². The van der Waals surface area contributed by atoms with Gasteiger partial charge in [0.1, 0.15) is 17.3 Å². The molecule has 0 radical (unpaired) electrons. The summed E-state index contributed by atoms with van der Waals surface area (Å²) in [5.41, 5.74) is 2.90. The van der Waals surface area contributed by atoms with Gasteiger partial charge in [-0.3, -0.25) is 9.36 Å². The van der Waals surface area contributed by atoms with Crippen LogP contribution in [0.25, 0.3) is 28.0 Å². The lowest BCUT2D eigenvalue weighted by molar-refractivity contribution is 0.414. The van der Waals surface area contributed by atoms with Crippen LogP contribution in [0.1, 0.15) is 11.5 Å². The minimum Gasteiger partial charge on any atom is -0.497 e. The van der Waals surface area contributed by atoms with E-state index in [-0.39, 0.29) is 5.56 Å². The van der Waals surface area contributed by atoms with Crippen LogP contribution in [-0.2, 0) is 5.75 Å². The van der Waals surface area contributed by atoms with E-state index in [1.165, 1.54) is 11.8 Å². The number of methoxy groups -OCH3 is 2. The summed E-state index contributed by atoms with van der Waals surface area (Å²) in [5.74, 6) is 3.25. The summed E-state index contributed by atoms with van der Waals surface area (Å²) >= 11 is 1.44. The smallest absolute Gasteiger partial charge is 0.266 e. The van der Waals surface area contributed by atoms with Crippen LogP contribution >= 0.6 is 11.8 Å². The average Bonchev–Trinajstić information content (AvgIpc) is 3.28. The number of fused-ring (bicyclic) bond motifs is 1. The first-order chi connectivity index (χ1) is 17.1. The van der Waals surface area contributed by atoms with Gasteiger partial charge >= 0.3 is 0 Å². The van der Waals surface area contributed by atoms with E-state index in [9.17, 15) is 4.79 Å². The lowest BCUT2D eigenvalue weighted by Gasteiger charge is -2.13. The number of aryl methyl sites for hydroxylation is 1. The highest BCUT2D eigenvalue weighted by Crippen LogP contribution is 2.29. The molecule has 0 spiro atoms. The minimum absolute atomic E-state index is 0.126. The molecule has 8 heteroatoms. The van der Waals surface area contributed by atoms with E-state index >= 15 is 0 Å². The quantitative estimate of drug-likeness (QED) is 0.217. The zero-order chi connectivity index (χ0) is 24.4. The molecule has 0 atom stereocenters. The zero-order valence-electron chi connectivity index (χ0n) is 19.5. The molecule has 0 fully saturated rings.